The molecule has 2 rings (SSSR count). The fraction of sp³-hybridized carbons (Fsp3) is 0.818. The summed E-state index contributed by atoms with van der Waals surface area (Å²) in [7, 11) is 0. The number of thioether (sulfide) groups is 1. The second-order valence-corrected chi connectivity index (χ2v) is 5.63. The van der Waals surface area contributed by atoms with Crippen molar-refractivity contribution in [2.24, 2.45) is 5.92 Å². The molecule has 1 unspecified atom stereocenters. The lowest BCUT2D eigenvalue weighted by Crippen LogP contribution is -2.36. The van der Waals surface area contributed by atoms with Gasteiger partial charge in [-0.05, 0) is 12.3 Å². The van der Waals surface area contributed by atoms with Gasteiger partial charge in [-0.15, -0.1) is 0 Å². The maximum absolute atomic E-state index is 11.8. The van der Waals surface area contributed by atoms with Crippen molar-refractivity contribution in [2.45, 2.75) is 25.8 Å². The van der Waals surface area contributed by atoms with E-state index in [2.05, 4.69) is 0 Å². The third kappa shape index (κ3) is 2.77. The van der Waals surface area contributed by atoms with Crippen LogP contribution in [-0.4, -0.2) is 47.5 Å². The molecular weight excluding hydrogens is 226 g/mol. The Morgan fingerprint density at radius 3 is 3.06 bits per heavy atom. The van der Waals surface area contributed by atoms with Crippen LogP contribution in [0.15, 0.2) is 0 Å². The van der Waals surface area contributed by atoms with Gasteiger partial charge in [0.2, 0.25) is 5.91 Å². The summed E-state index contributed by atoms with van der Waals surface area (Å²) in [6.45, 7) is 3.82. The van der Waals surface area contributed by atoms with Gasteiger partial charge >= 0.3 is 0 Å². The van der Waals surface area contributed by atoms with Crippen molar-refractivity contribution in [3.8, 4) is 0 Å². The molecule has 5 heteroatoms. The van der Waals surface area contributed by atoms with Crippen LogP contribution in [0, 0.1) is 5.92 Å². The Balaban J connectivity index is 1.83. The van der Waals surface area contributed by atoms with Gasteiger partial charge in [0.1, 0.15) is 0 Å². The van der Waals surface area contributed by atoms with E-state index in [1.54, 1.807) is 6.92 Å². The van der Waals surface area contributed by atoms with E-state index in [9.17, 15) is 9.59 Å². The third-order valence-corrected chi connectivity index (χ3v) is 4.15. The van der Waals surface area contributed by atoms with Crippen LogP contribution in [0.2, 0.25) is 0 Å². The number of ether oxygens (including phenoxy) is 1. The molecule has 0 aromatic rings. The van der Waals surface area contributed by atoms with E-state index in [0.717, 1.165) is 25.3 Å². The molecule has 0 aromatic carbocycles. The van der Waals surface area contributed by atoms with Crippen LogP contribution in [0.4, 0.5) is 0 Å². The van der Waals surface area contributed by atoms with Crippen molar-refractivity contribution in [3.05, 3.63) is 0 Å². The number of amides is 1. The molecule has 0 aliphatic carbocycles. The summed E-state index contributed by atoms with van der Waals surface area (Å²) in [5.74, 6) is 1.33. The molecule has 2 saturated heterocycles. The molecule has 1 amide bonds. The summed E-state index contributed by atoms with van der Waals surface area (Å²) < 4.78 is 5.30. The predicted octanol–water partition coefficient (Wildman–Crippen LogP) is 0.903. The highest BCUT2D eigenvalue weighted by Crippen LogP contribution is 2.26. The lowest BCUT2D eigenvalue weighted by atomic mass is 10.1. The maximum atomic E-state index is 11.8. The van der Waals surface area contributed by atoms with Crippen LogP contribution < -0.4 is 0 Å². The van der Waals surface area contributed by atoms with Crippen molar-refractivity contribution in [3.63, 3.8) is 0 Å². The monoisotopic (exact) mass is 243 g/mol. The zero-order chi connectivity index (χ0) is 11.5. The normalized spacial score (nSPS) is 30.1. The number of carbonyl (C=O) groups excluding carboxylic acids is 2. The molecule has 2 aliphatic heterocycles. The highest BCUT2D eigenvalue weighted by atomic mass is 32.2. The maximum Gasteiger partial charge on any atom is 0.223 e. The summed E-state index contributed by atoms with van der Waals surface area (Å²) in [4.78, 5) is 24.6. The van der Waals surface area contributed by atoms with Crippen LogP contribution in [0.25, 0.3) is 0 Å². The average Bonchev–Trinajstić information content (AvgIpc) is 2.83. The van der Waals surface area contributed by atoms with Crippen LogP contribution in [0.1, 0.15) is 19.8 Å². The summed E-state index contributed by atoms with van der Waals surface area (Å²) in [5, 5.41) is 0.134. The lowest BCUT2D eigenvalue weighted by molar-refractivity contribution is -0.129. The topological polar surface area (TPSA) is 46.6 Å². The van der Waals surface area contributed by atoms with Crippen molar-refractivity contribution >= 4 is 22.8 Å². The first-order chi connectivity index (χ1) is 7.66. The molecular formula is C11H17NO3S. The minimum Gasteiger partial charge on any atom is -0.379 e. The van der Waals surface area contributed by atoms with E-state index >= 15 is 0 Å². The van der Waals surface area contributed by atoms with Crippen molar-refractivity contribution in [1.82, 2.24) is 4.90 Å². The number of likely N-dealkylation sites (tertiary alicyclic amines) is 1. The molecule has 90 valence electrons. The van der Waals surface area contributed by atoms with Crippen LogP contribution in [0.5, 0.6) is 0 Å². The van der Waals surface area contributed by atoms with Gasteiger partial charge in [0, 0.05) is 32.2 Å². The number of hydrogen-bond acceptors (Lipinski definition) is 4. The van der Waals surface area contributed by atoms with E-state index < -0.39 is 0 Å². The Labute approximate surface area is 99.7 Å². The lowest BCUT2D eigenvalue weighted by Gasteiger charge is -2.22. The summed E-state index contributed by atoms with van der Waals surface area (Å²) in [6, 6.07) is 0.278. The molecule has 2 fully saturated rings. The van der Waals surface area contributed by atoms with Gasteiger partial charge in [-0.25, -0.2) is 0 Å². The average molecular weight is 243 g/mol. The molecule has 0 spiro atoms. The Morgan fingerprint density at radius 2 is 2.44 bits per heavy atom. The van der Waals surface area contributed by atoms with E-state index in [-0.39, 0.29) is 17.1 Å². The summed E-state index contributed by atoms with van der Waals surface area (Å²) in [6.07, 6.45) is 1.55. The van der Waals surface area contributed by atoms with Gasteiger partial charge in [-0.2, -0.15) is 0 Å². The quantitative estimate of drug-likeness (QED) is 0.739. The molecule has 2 aliphatic rings. The van der Waals surface area contributed by atoms with Crippen LogP contribution in [-0.2, 0) is 14.3 Å². The van der Waals surface area contributed by atoms with Gasteiger partial charge in [0.25, 0.3) is 0 Å². The first kappa shape index (κ1) is 11.9. The second kappa shape index (κ2) is 5.19. The van der Waals surface area contributed by atoms with Crippen LogP contribution in [0.3, 0.4) is 0 Å². The largest absolute Gasteiger partial charge is 0.379 e. The molecule has 2 heterocycles. The molecule has 0 saturated carbocycles. The van der Waals surface area contributed by atoms with Crippen molar-refractivity contribution in [1.29, 1.82) is 0 Å². The molecule has 4 nitrogen and oxygen atoms in total. The Kier molecular flexibility index (Phi) is 3.86. The molecule has 0 aromatic heterocycles. The number of nitrogens with zero attached hydrogens (tertiary/aromatic N) is 1. The fourth-order valence-electron chi connectivity index (χ4n) is 2.28. The van der Waals surface area contributed by atoms with Gasteiger partial charge in [-0.1, -0.05) is 11.8 Å². The molecule has 2 atom stereocenters. The molecule has 0 bridgehead atoms. The van der Waals surface area contributed by atoms with Crippen molar-refractivity contribution < 1.29 is 14.3 Å². The second-order valence-electron chi connectivity index (χ2n) is 4.44. The van der Waals surface area contributed by atoms with Crippen molar-refractivity contribution in [2.75, 3.05) is 25.5 Å². The Hall–Kier alpha value is -0.550. The minimum atomic E-state index is 0.134. The van der Waals surface area contributed by atoms with Gasteiger partial charge in [0.15, 0.2) is 5.12 Å². The fourth-order valence-corrected chi connectivity index (χ4v) is 2.97. The zero-order valence-electron chi connectivity index (χ0n) is 9.48. The summed E-state index contributed by atoms with van der Waals surface area (Å²) in [5.41, 5.74) is 0. The highest BCUT2D eigenvalue weighted by Gasteiger charge is 2.35. The molecule has 16 heavy (non-hydrogen) atoms. The molecule has 0 radical (unpaired) electrons. The van der Waals surface area contributed by atoms with E-state index in [4.69, 9.17) is 4.74 Å². The van der Waals surface area contributed by atoms with E-state index in [0.29, 0.717) is 18.9 Å². The Bertz CT molecular complexity index is 289. The smallest absolute Gasteiger partial charge is 0.223 e. The summed E-state index contributed by atoms with van der Waals surface area (Å²) >= 11 is 1.33. The minimum absolute atomic E-state index is 0.134. The standard InChI is InChI=1S/C11H17NO3S/c1-8(13)16-7-9-4-11(14)12(5-9)10-2-3-15-6-10/h9-10H,2-7H2,1H3/t9?,10-/m1/s1. The zero-order valence-corrected chi connectivity index (χ0v) is 10.3. The first-order valence-electron chi connectivity index (χ1n) is 5.67. The highest BCUT2D eigenvalue weighted by molar-refractivity contribution is 8.13. The predicted molar refractivity (Wildman–Crippen MR) is 62.2 cm³/mol. The first-order valence-corrected chi connectivity index (χ1v) is 6.66. The van der Waals surface area contributed by atoms with Gasteiger partial charge in [0.05, 0.1) is 12.6 Å². The third-order valence-electron chi connectivity index (χ3n) is 3.11. The molecule has 0 N–H and O–H groups in total. The number of carbonyl (C=O) groups is 2. The Morgan fingerprint density at radius 1 is 1.62 bits per heavy atom. The van der Waals surface area contributed by atoms with Gasteiger partial charge < -0.3 is 9.64 Å². The van der Waals surface area contributed by atoms with Crippen LogP contribution >= 0.6 is 11.8 Å². The van der Waals surface area contributed by atoms with E-state index in [1.807, 2.05) is 4.90 Å². The van der Waals surface area contributed by atoms with Gasteiger partial charge in [-0.3, -0.25) is 9.59 Å². The number of rotatable bonds is 3. The number of hydrogen-bond donors (Lipinski definition) is 0. The SMILES string of the molecule is CC(=O)SCC1CC(=O)N([C@@H]2CCOC2)C1. The van der Waals surface area contributed by atoms with E-state index in [1.165, 1.54) is 11.8 Å².